The van der Waals surface area contributed by atoms with Crippen LogP contribution in [0.1, 0.15) is 17.0 Å². The number of hydrogen-bond donors (Lipinski definition) is 1. The van der Waals surface area contributed by atoms with Gasteiger partial charge in [0, 0.05) is 44.0 Å². The van der Waals surface area contributed by atoms with Crippen LogP contribution >= 0.6 is 11.6 Å². The van der Waals surface area contributed by atoms with Crippen LogP contribution in [0.15, 0.2) is 71.1 Å². The van der Waals surface area contributed by atoms with Crippen molar-refractivity contribution in [3.63, 3.8) is 0 Å². The third kappa shape index (κ3) is 5.04. The molecule has 3 aromatic rings. The first-order valence-corrected chi connectivity index (χ1v) is 10.7. The highest BCUT2D eigenvalue weighted by Gasteiger charge is 2.17. The third-order valence-corrected chi connectivity index (χ3v) is 5.73. The number of carbonyl (C=O) groups excluding carboxylic acids is 1. The van der Waals surface area contributed by atoms with Gasteiger partial charge in [-0.1, -0.05) is 41.9 Å². The van der Waals surface area contributed by atoms with Crippen molar-refractivity contribution in [2.75, 3.05) is 44.2 Å². The van der Waals surface area contributed by atoms with E-state index < -0.39 is 0 Å². The lowest BCUT2D eigenvalue weighted by Gasteiger charge is -2.36. The molecule has 0 saturated carbocycles. The minimum Gasteiger partial charge on any atom is -0.451 e. The van der Waals surface area contributed by atoms with Crippen molar-refractivity contribution in [3.8, 4) is 11.3 Å². The molecule has 2 heterocycles. The van der Waals surface area contributed by atoms with Gasteiger partial charge in [-0.05, 0) is 49.4 Å². The fourth-order valence-electron chi connectivity index (χ4n) is 3.73. The number of nitrogens with zero attached hydrogens (tertiary/aromatic N) is 2. The highest BCUT2D eigenvalue weighted by molar-refractivity contribution is 6.33. The SMILES string of the molecule is O=C(NCCCN1CCN(c2ccccc2)CC1)c1ccc(-c2ccccc2Cl)o1. The van der Waals surface area contributed by atoms with Crippen LogP contribution in [0.3, 0.4) is 0 Å². The zero-order chi connectivity index (χ0) is 20.8. The van der Waals surface area contributed by atoms with E-state index in [1.807, 2.05) is 24.3 Å². The molecule has 1 saturated heterocycles. The molecular weight excluding hydrogens is 398 g/mol. The quantitative estimate of drug-likeness (QED) is 0.567. The number of hydrogen-bond acceptors (Lipinski definition) is 4. The summed E-state index contributed by atoms with van der Waals surface area (Å²) < 4.78 is 5.70. The van der Waals surface area contributed by atoms with Crippen molar-refractivity contribution in [2.45, 2.75) is 6.42 Å². The molecule has 0 bridgehead atoms. The summed E-state index contributed by atoms with van der Waals surface area (Å²) in [7, 11) is 0. The number of halogens is 1. The predicted molar refractivity (Wildman–Crippen MR) is 121 cm³/mol. The van der Waals surface area contributed by atoms with Crippen LogP contribution in [-0.4, -0.2) is 50.1 Å². The molecule has 1 aliphatic heterocycles. The van der Waals surface area contributed by atoms with Crippen molar-refractivity contribution in [3.05, 3.63) is 77.5 Å². The van der Waals surface area contributed by atoms with Crippen LogP contribution in [-0.2, 0) is 0 Å². The molecule has 0 aliphatic carbocycles. The number of para-hydroxylation sites is 1. The molecule has 30 heavy (non-hydrogen) atoms. The number of anilines is 1. The molecule has 0 spiro atoms. The molecular formula is C24H26ClN3O2. The van der Waals surface area contributed by atoms with E-state index in [1.54, 1.807) is 18.2 Å². The van der Waals surface area contributed by atoms with Gasteiger partial charge in [0.15, 0.2) is 5.76 Å². The summed E-state index contributed by atoms with van der Waals surface area (Å²) in [6, 6.07) is 21.5. The van der Waals surface area contributed by atoms with Gasteiger partial charge in [-0.25, -0.2) is 0 Å². The highest BCUT2D eigenvalue weighted by atomic mass is 35.5. The van der Waals surface area contributed by atoms with E-state index in [0.29, 0.717) is 23.1 Å². The predicted octanol–water partition coefficient (Wildman–Crippen LogP) is 4.54. The number of amides is 1. The summed E-state index contributed by atoms with van der Waals surface area (Å²) >= 11 is 6.20. The number of carbonyl (C=O) groups is 1. The van der Waals surface area contributed by atoms with E-state index in [2.05, 4.69) is 39.4 Å². The Bertz CT molecular complexity index is 965. The largest absolute Gasteiger partial charge is 0.451 e. The number of benzene rings is 2. The Morgan fingerprint density at radius 3 is 2.43 bits per heavy atom. The number of piperazine rings is 1. The molecule has 1 aliphatic rings. The zero-order valence-electron chi connectivity index (χ0n) is 16.9. The molecule has 1 fully saturated rings. The molecule has 1 amide bonds. The highest BCUT2D eigenvalue weighted by Crippen LogP contribution is 2.29. The minimum absolute atomic E-state index is 0.192. The summed E-state index contributed by atoms with van der Waals surface area (Å²) in [5.41, 5.74) is 2.08. The van der Waals surface area contributed by atoms with Crippen LogP contribution in [0, 0.1) is 0 Å². The lowest BCUT2D eigenvalue weighted by molar-refractivity contribution is 0.0924. The van der Waals surface area contributed by atoms with Gasteiger partial charge in [0.1, 0.15) is 5.76 Å². The van der Waals surface area contributed by atoms with Crippen LogP contribution in [0.5, 0.6) is 0 Å². The van der Waals surface area contributed by atoms with Gasteiger partial charge in [0.05, 0.1) is 5.02 Å². The monoisotopic (exact) mass is 423 g/mol. The van der Waals surface area contributed by atoms with Crippen LogP contribution < -0.4 is 10.2 Å². The van der Waals surface area contributed by atoms with Crippen LogP contribution in [0.2, 0.25) is 5.02 Å². The normalized spacial score (nSPS) is 14.6. The lowest BCUT2D eigenvalue weighted by atomic mass is 10.2. The van der Waals surface area contributed by atoms with E-state index >= 15 is 0 Å². The summed E-state index contributed by atoms with van der Waals surface area (Å²) in [6.07, 6.45) is 0.912. The fraction of sp³-hybridized carbons (Fsp3) is 0.292. The van der Waals surface area contributed by atoms with Gasteiger partial charge in [0.25, 0.3) is 5.91 Å². The van der Waals surface area contributed by atoms with Crippen molar-refractivity contribution in [1.82, 2.24) is 10.2 Å². The van der Waals surface area contributed by atoms with E-state index in [1.165, 1.54) is 5.69 Å². The fourth-order valence-corrected chi connectivity index (χ4v) is 3.95. The Morgan fingerprint density at radius 2 is 1.67 bits per heavy atom. The molecule has 156 valence electrons. The minimum atomic E-state index is -0.192. The van der Waals surface area contributed by atoms with E-state index in [9.17, 15) is 4.79 Å². The van der Waals surface area contributed by atoms with E-state index in [0.717, 1.165) is 44.7 Å². The standard InChI is InChI=1S/C24H26ClN3O2/c25-21-10-5-4-9-20(21)22-11-12-23(30-22)24(29)26-13-6-14-27-15-17-28(18-16-27)19-7-2-1-3-8-19/h1-5,7-12H,6,13-18H2,(H,26,29). The second-order valence-corrected chi connectivity index (χ2v) is 7.82. The van der Waals surface area contributed by atoms with Crippen molar-refractivity contribution in [1.29, 1.82) is 0 Å². The Balaban J connectivity index is 1.19. The maximum Gasteiger partial charge on any atom is 0.287 e. The van der Waals surface area contributed by atoms with Gasteiger partial charge in [-0.2, -0.15) is 0 Å². The average Bonchev–Trinajstić information content (AvgIpc) is 3.28. The maximum atomic E-state index is 12.4. The van der Waals surface area contributed by atoms with Crippen molar-refractivity contribution >= 4 is 23.2 Å². The van der Waals surface area contributed by atoms with Gasteiger partial charge < -0.3 is 14.6 Å². The summed E-state index contributed by atoms with van der Waals surface area (Å²) in [5.74, 6) is 0.714. The molecule has 1 N–H and O–H groups in total. The van der Waals surface area contributed by atoms with Crippen LogP contribution in [0.4, 0.5) is 5.69 Å². The summed E-state index contributed by atoms with van der Waals surface area (Å²) in [5, 5.41) is 3.55. The zero-order valence-corrected chi connectivity index (χ0v) is 17.6. The first kappa shape index (κ1) is 20.5. The Hall–Kier alpha value is -2.76. The lowest BCUT2D eigenvalue weighted by Crippen LogP contribution is -2.47. The number of nitrogens with one attached hydrogen (secondary N) is 1. The topological polar surface area (TPSA) is 48.7 Å². The molecule has 0 unspecified atom stereocenters. The molecule has 0 atom stereocenters. The van der Waals surface area contributed by atoms with Crippen LogP contribution in [0.25, 0.3) is 11.3 Å². The average molecular weight is 424 g/mol. The van der Waals surface area contributed by atoms with Gasteiger partial charge in [-0.15, -0.1) is 0 Å². The molecule has 4 rings (SSSR count). The second kappa shape index (κ2) is 9.83. The Kier molecular flexibility index (Phi) is 6.72. The Morgan fingerprint density at radius 1 is 0.933 bits per heavy atom. The number of furan rings is 1. The van der Waals surface area contributed by atoms with Gasteiger partial charge in [-0.3, -0.25) is 9.69 Å². The summed E-state index contributed by atoms with van der Waals surface area (Å²) in [4.78, 5) is 17.2. The van der Waals surface area contributed by atoms with Gasteiger partial charge >= 0.3 is 0 Å². The molecule has 2 aromatic carbocycles. The molecule has 1 aromatic heterocycles. The van der Waals surface area contributed by atoms with E-state index in [-0.39, 0.29) is 5.91 Å². The first-order valence-electron chi connectivity index (χ1n) is 10.4. The molecule has 0 radical (unpaired) electrons. The second-order valence-electron chi connectivity index (χ2n) is 7.42. The molecule has 5 nitrogen and oxygen atoms in total. The third-order valence-electron chi connectivity index (χ3n) is 5.40. The smallest absolute Gasteiger partial charge is 0.287 e. The maximum absolute atomic E-state index is 12.4. The first-order chi connectivity index (χ1) is 14.7. The van der Waals surface area contributed by atoms with Crippen molar-refractivity contribution < 1.29 is 9.21 Å². The Labute approximate surface area is 182 Å². The van der Waals surface area contributed by atoms with Crippen molar-refractivity contribution in [2.24, 2.45) is 0 Å². The van der Waals surface area contributed by atoms with Gasteiger partial charge in [0.2, 0.25) is 0 Å². The van der Waals surface area contributed by atoms with E-state index in [4.69, 9.17) is 16.0 Å². The number of rotatable bonds is 7. The molecule has 6 heteroatoms. The summed E-state index contributed by atoms with van der Waals surface area (Å²) in [6.45, 7) is 5.76.